The van der Waals surface area contributed by atoms with Crippen molar-refractivity contribution in [1.82, 2.24) is 32.1 Å². The monoisotopic (exact) mass is 744 g/mol. The quantitative estimate of drug-likeness (QED) is 0.104. The molecule has 0 aliphatic carbocycles. The summed E-state index contributed by atoms with van der Waals surface area (Å²) in [5, 5.41) is 24.8. The van der Waals surface area contributed by atoms with Crippen molar-refractivity contribution in [1.29, 1.82) is 0 Å². The minimum atomic E-state index is -1.35. The summed E-state index contributed by atoms with van der Waals surface area (Å²) in [6, 6.07) is 5.10. The van der Waals surface area contributed by atoms with Crippen molar-refractivity contribution in [3.8, 4) is 0 Å². The molecule has 2 rings (SSSR count). The Hall–Kier alpha value is -4.50. The maximum atomic E-state index is 13.8. The number of aliphatic hydroxyl groups excluding tert-OH is 1. The smallest absolute Gasteiger partial charge is 0.407 e. The first-order valence-corrected chi connectivity index (χ1v) is 18.5. The third-order valence-electron chi connectivity index (χ3n) is 8.64. The van der Waals surface area contributed by atoms with Gasteiger partial charge < -0.3 is 36.4 Å². The number of ether oxygens (including phenoxy) is 1. The molecule has 0 bridgehead atoms. The molecule has 296 valence electrons. The van der Waals surface area contributed by atoms with Gasteiger partial charge in [-0.05, 0) is 49.0 Å². The van der Waals surface area contributed by atoms with Crippen LogP contribution in [-0.2, 0) is 40.2 Å². The van der Waals surface area contributed by atoms with E-state index in [2.05, 4.69) is 32.1 Å². The molecule has 6 amide bonds. The minimum Gasteiger partial charge on any atom is -0.450 e. The van der Waals surface area contributed by atoms with Crippen molar-refractivity contribution >= 4 is 35.6 Å². The average Bonchev–Trinajstić information content (AvgIpc) is 3.09. The van der Waals surface area contributed by atoms with Crippen molar-refractivity contribution in [3.05, 3.63) is 48.0 Å². The summed E-state index contributed by atoms with van der Waals surface area (Å²) in [7, 11) is 0. The van der Waals surface area contributed by atoms with Crippen molar-refractivity contribution in [2.45, 2.75) is 117 Å². The van der Waals surface area contributed by atoms with Gasteiger partial charge in [-0.3, -0.25) is 28.8 Å². The zero-order chi connectivity index (χ0) is 39.5. The highest BCUT2D eigenvalue weighted by molar-refractivity contribution is 5.94. The molecule has 6 atom stereocenters. The molecule has 0 unspecified atom stereocenters. The van der Waals surface area contributed by atoms with Crippen molar-refractivity contribution in [3.63, 3.8) is 0 Å². The summed E-state index contributed by atoms with van der Waals surface area (Å²) in [6.07, 6.45) is 2.63. The van der Waals surface area contributed by atoms with Crippen LogP contribution in [0.1, 0.15) is 86.1 Å². The van der Waals surface area contributed by atoms with Crippen molar-refractivity contribution in [2.75, 3.05) is 13.2 Å². The zero-order valence-corrected chi connectivity index (χ0v) is 32.1. The first-order valence-electron chi connectivity index (χ1n) is 18.5. The third-order valence-corrected chi connectivity index (χ3v) is 8.64. The zero-order valence-electron chi connectivity index (χ0n) is 32.1. The number of hydrogen-bond donors (Lipinski definition) is 7. The summed E-state index contributed by atoms with van der Waals surface area (Å²) < 4.78 is 5.21. The van der Waals surface area contributed by atoms with E-state index in [-0.39, 0.29) is 43.9 Å². The predicted octanol–water partition coefficient (Wildman–Crippen LogP) is 2.39. The molecular weight excluding hydrogens is 684 g/mol. The Morgan fingerprint density at radius 2 is 1.62 bits per heavy atom. The number of hydrogen-bond acceptors (Lipinski definition) is 9. The van der Waals surface area contributed by atoms with Crippen LogP contribution in [0.2, 0.25) is 0 Å². The Morgan fingerprint density at radius 3 is 2.26 bits per heavy atom. The molecule has 1 aliphatic heterocycles. The number of carbonyl (C=O) groups excluding carboxylic acids is 6. The van der Waals surface area contributed by atoms with E-state index in [1.54, 1.807) is 40.7 Å². The Morgan fingerprint density at radius 1 is 0.925 bits per heavy atom. The van der Waals surface area contributed by atoms with Gasteiger partial charge in [0.05, 0.1) is 31.8 Å². The van der Waals surface area contributed by atoms with Gasteiger partial charge in [0.25, 0.3) is 5.91 Å². The Kier molecular flexibility index (Phi) is 19.6. The van der Waals surface area contributed by atoms with Gasteiger partial charge in [-0.15, -0.1) is 0 Å². The largest absolute Gasteiger partial charge is 0.450 e. The fraction of sp³-hybridized carbons (Fsp3) is 0.632. The SMILES string of the molecule is CC(C)C[C@H](NC(=O)[C@@H]1CC(=O)NC/C=C/CCCOC(=O)N[C@@H](C(C)C)C(=O)N1)[C@@H](O)C[C@@H](C)C(=O)N[C@H](C(=O)NOCc1ccccc1)C(C)C. The van der Waals surface area contributed by atoms with Crippen LogP contribution < -0.4 is 32.1 Å². The van der Waals surface area contributed by atoms with Crippen LogP contribution in [0.3, 0.4) is 0 Å². The molecule has 0 spiro atoms. The molecule has 0 fully saturated rings. The van der Waals surface area contributed by atoms with Gasteiger partial charge >= 0.3 is 6.09 Å². The summed E-state index contributed by atoms with van der Waals surface area (Å²) >= 11 is 0. The molecule has 0 radical (unpaired) electrons. The van der Waals surface area contributed by atoms with Crippen LogP contribution in [0.5, 0.6) is 0 Å². The highest BCUT2D eigenvalue weighted by Crippen LogP contribution is 2.17. The van der Waals surface area contributed by atoms with E-state index in [1.165, 1.54) is 0 Å². The average molecular weight is 745 g/mol. The number of alkyl carbamates (subject to hydrolysis) is 1. The fourth-order valence-corrected chi connectivity index (χ4v) is 5.57. The third kappa shape index (κ3) is 16.8. The van der Waals surface area contributed by atoms with Gasteiger partial charge in [0, 0.05) is 12.5 Å². The molecule has 53 heavy (non-hydrogen) atoms. The highest BCUT2D eigenvalue weighted by atomic mass is 16.7. The second-order valence-electron chi connectivity index (χ2n) is 14.6. The molecule has 1 heterocycles. The second-order valence-corrected chi connectivity index (χ2v) is 14.6. The summed E-state index contributed by atoms with van der Waals surface area (Å²) in [5.74, 6) is -4.31. The fourth-order valence-electron chi connectivity index (χ4n) is 5.57. The van der Waals surface area contributed by atoms with Crippen molar-refractivity contribution < 1.29 is 43.4 Å². The molecule has 0 aromatic heterocycles. The van der Waals surface area contributed by atoms with E-state index in [0.29, 0.717) is 19.3 Å². The van der Waals surface area contributed by atoms with E-state index in [1.807, 2.05) is 50.3 Å². The van der Waals surface area contributed by atoms with E-state index < -0.39 is 78.2 Å². The van der Waals surface area contributed by atoms with E-state index in [9.17, 15) is 33.9 Å². The van der Waals surface area contributed by atoms with E-state index in [0.717, 1.165) is 5.56 Å². The lowest BCUT2D eigenvalue weighted by atomic mass is 9.91. The number of nitrogens with one attached hydrogen (secondary N) is 6. The Balaban J connectivity index is 2.15. The normalized spacial score (nSPS) is 20.5. The van der Waals surface area contributed by atoms with Gasteiger partial charge in [0.2, 0.25) is 23.6 Å². The first-order chi connectivity index (χ1) is 25.1. The summed E-state index contributed by atoms with van der Waals surface area (Å²) in [5.41, 5.74) is 3.26. The molecule has 0 saturated heterocycles. The van der Waals surface area contributed by atoms with Crippen LogP contribution in [0.4, 0.5) is 4.79 Å². The minimum absolute atomic E-state index is 0.00575. The van der Waals surface area contributed by atoms with Gasteiger partial charge in [-0.25, -0.2) is 10.3 Å². The lowest BCUT2D eigenvalue weighted by Gasteiger charge is -2.30. The lowest BCUT2D eigenvalue weighted by Crippen LogP contribution is -2.58. The molecule has 15 heteroatoms. The van der Waals surface area contributed by atoms with Crippen LogP contribution in [0.15, 0.2) is 42.5 Å². The van der Waals surface area contributed by atoms with Gasteiger partial charge in [0.15, 0.2) is 0 Å². The number of carbonyl (C=O) groups is 6. The Labute approximate surface area is 313 Å². The van der Waals surface area contributed by atoms with Crippen LogP contribution >= 0.6 is 0 Å². The molecule has 0 saturated carbocycles. The lowest BCUT2D eigenvalue weighted by molar-refractivity contribution is -0.141. The highest BCUT2D eigenvalue weighted by Gasteiger charge is 2.34. The number of benzene rings is 1. The number of hydroxylamine groups is 1. The summed E-state index contributed by atoms with van der Waals surface area (Å²) in [4.78, 5) is 84.1. The molecule has 1 aliphatic rings. The van der Waals surface area contributed by atoms with Gasteiger partial charge in [-0.2, -0.15) is 0 Å². The number of cyclic esters (lactones) is 1. The first kappa shape index (κ1) is 44.7. The predicted molar refractivity (Wildman–Crippen MR) is 198 cm³/mol. The van der Waals surface area contributed by atoms with Crippen LogP contribution in [-0.4, -0.2) is 84.2 Å². The molecular formula is C38H60N6O9. The van der Waals surface area contributed by atoms with Crippen molar-refractivity contribution in [2.24, 2.45) is 23.7 Å². The van der Waals surface area contributed by atoms with E-state index >= 15 is 0 Å². The maximum absolute atomic E-state index is 13.8. The number of amides is 6. The topological polar surface area (TPSA) is 213 Å². The maximum Gasteiger partial charge on any atom is 0.407 e. The number of allylic oxidation sites excluding steroid dienone is 1. The molecule has 15 nitrogen and oxygen atoms in total. The molecule has 1 aromatic rings. The second kappa shape index (κ2) is 23.2. The van der Waals surface area contributed by atoms with Crippen LogP contribution in [0, 0.1) is 23.7 Å². The van der Waals surface area contributed by atoms with Gasteiger partial charge in [-0.1, -0.05) is 91.0 Å². The number of aliphatic hydroxyl groups is 1. The molecule has 7 N–H and O–H groups in total. The van der Waals surface area contributed by atoms with E-state index in [4.69, 9.17) is 9.57 Å². The summed E-state index contributed by atoms with van der Waals surface area (Å²) in [6.45, 7) is 12.9. The standard InChI is InChI=1S/C38H60N6O9/c1-23(2)19-28(30(45)20-26(7)34(47)42-33(25(5)6)37(50)44-53-22-27-15-11-10-12-16-27)40-35(48)29-21-31(46)39-17-13-8-9-14-18-52-38(51)43-32(24(3)4)36(49)41-29/h8,10-13,15-16,23-26,28-30,32-33,45H,9,14,17-22H2,1-7H3,(H,39,46)(H,40,48)(H,41,49)(H,42,47)(H,43,51)(H,44,50)/b13-8+/t26-,28+,29+,30+,32+,33+/m1/s1. The van der Waals surface area contributed by atoms with Crippen LogP contribution in [0.25, 0.3) is 0 Å². The Bertz CT molecular complexity index is 1370. The number of rotatable bonds is 15. The van der Waals surface area contributed by atoms with Gasteiger partial charge in [0.1, 0.15) is 18.1 Å². The molecule has 1 aromatic carbocycles.